The average Bonchev–Trinajstić information content (AvgIpc) is 2.89. The van der Waals surface area contributed by atoms with Crippen molar-refractivity contribution in [3.8, 4) is 0 Å². The van der Waals surface area contributed by atoms with E-state index in [2.05, 4.69) is 20.3 Å². The number of aryl methyl sites for hydroxylation is 1. The van der Waals surface area contributed by atoms with Gasteiger partial charge in [0, 0.05) is 36.9 Å². The molecule has 2 heterocycles. The number of nitrogens with one attached hydrogen (secondary N) is 1. The van der Waals surface area contributed by atoms with Crippen LogP contribution in [0.15, 0.2) is 22.8 Å². The van der Waals surface area contributed by atoms with E-state index in [-0.39, 0.29) is 23.5 Å². The summed E-state index contributed by atoms with van der Waals surface area (Å²) in [6.07, 6.45) is 0.638. The monoisotopic (exact) mass is 378 g/mol. The average molecular weight is 379 g/mol. The third-order valence-electron chi connectivity index (χ3n) is 4.21. The third kappa shape index (κ3) is 3.88. The first-order chi connectivity index (χ1) is 12.5. The van der Waals surface area contributed by atoms with Crippen molar-refractivity contribution in [2.75, 3.05) is 37.2 Å². The molecule has 1 saturated heterocycles. The Balaban J connectivity index is 1.61. The van der Waals surface area contributed by atoms with Crippen molar-refractivity contribution in [1.82, 2.24) is 20.1 Å². The minimum atomic E-state index is -0.351. The van der Waals surface area contributed by atoms with Crippen LogP contribution in [0.2, 0.25) is 5.02 Å². The van der Waals surface area contributed by atoms with E-state index in [9.17, 15) is 9.59 Å². The zero-order valence-corrected chi connectivity index (χ0v) is 15.0. The number of benzene rings is 1. The van der Waals surface area contributed by atoms with Crippen LogP contribution in [0, 0.1) is 6.92 Å². The Morgan fingerprint density at radius 3 is 2.62 bits per heavy atom. The number of anilines is 2. The van der Waals surface area contributed by atoms with Crippen molar-refractivity contribution < 1.29 is 14.2 Å². The number of nitrogens with two attached hydrogens (primary N) is 1. The quantitative estimate of drug-likeness (QED) is 0.825. The van der Waals surface area contributed by atoms with Gasteiger partial charge in [-0.25, -0.2) is 9.42 Å². The highest BCUT2D eigenvalue weighted by Crippen LogP contribution is 2.20. The Kier molecular flexibility index (Phi) is 5.27. The molecular formula is C16H19ClN6O3. The maximum absolute atomic E-state index is 12.5. The fourth-order valence-corrected chi connectivity index (χ4v) is 2.87. The standard InChI is InChI=1S/C16H19ClN6O3/c1-10-3-4-11(9-12(10)17)19-16(25)23-6-2-5-22(7-8-23)15(24)13-14(18)21-26-20-13/h3-4,9H,2,5-8H2,1H3,(H2,18,21)(H,19,25). The van der Waals surface area contributed by atoms with Crippen LogP contribution < -0.4 is 11.1 Å². The first kappa shape index (κ1) is 18.0. The summed E-state index contributed by atoms with van der Waals surface area (Å²) in [6.45, 7) is 3.67. The van der Waals surface area contributed by atoms with Crippen molar-refractivity contribution >= 4 is 35.0 Å². The van der Waals surface area contributed by atoms with Crippen LogP contribution in [0.25, 0.3) is 0 Å². The highest BCUT2D eigenvalue weighted by molar-refractivity contribution is 6.31. The number of halogens is 1. The molecular weight excluding hydrogens is 360 g/mol. The van der Waals surface area contributed by atoms with E-state index in [1.54, 1.807) is 21.9 Å². The Labute approximate surface area is 155 Å². The molecule has 0 atom stereocenters. The van der Waals surface area contributed by atoms with Gasteiger partial charge in [0.05, 0.1) is 0 Å². The second-order valence-electron chi connectivity index (χ2n) is 6.02. The van der Waals surface area contributed by atoms with Crippen LogP contribution in [0.1, 0.15) is 22.5 Å². The summed E-state index contributed by atoms with van der Waals surface area (Å²) in [6, 6.07) is 5.12. The molecule has 1 aromatic carbocycles. The predicted octanol–water partition coefficient (Wildman–Crippen LogP) is 1.99. The Hall–Kier alpha value is -2.81. The van der Waals surface area contributed by atoms with E-state index in [0.717, 1.165) is 5.56 Å². The third-order valence-corrected chi connectivity index (χ3v) is 4.62. The van der Waals surface area contributed by atoms with Crippen LogP contribution in [0.5, 0.6) is 0 Å². The molecule has 138 valence electrons. The minimum Gasteiger partial charge on any atom is -0.379 e. The zero-order chi connectivity index (χ0) is 18.7. The Bertz CT molecular complexity index is 824. The number of urea groups is 1. The van der Waals surface area contributed by atoms with Crippen LogP contribution in [0.4, 0.5) is 16.3 Å². The summed E-state index contributed by atoms with van der Waals surface area (Å²) in [5.41, 5.74) is 7.14. The number of aromatic nitrogens is 2. The van der Waals surface area contributed by atoms with Crippen LogP contribution in [0.3, 0.4) is 0 Å². The van der Waals surface area contributed by atoms with E-state index < -0.39 is 0 Å². The molecule has 0 radical (unpaired) electrons. The molecule has 1 aromatic heterocycles. The van der Waals surface area contributed by atoms with Gasteiger partial charge in [-0.05, 0) is 41.4 Å². The first-order valence-electron chi connectivity index (χ1n) is 8.15. The van der Waals surface area contributed by atoms with E-state index in [1.807, 2.05) is 13.0 Å². The van der Waals surface area contributed by atoms with Gasteiger partial charge in [-0.2, -0.15) is 0 Å². The van der Waals surface area contributed by atoms with Gasteiger partial charge in [0.1, 0.15) is 0 Å². The molecule has 0 unspecified atom stereocenters. The second kappa shape index (κ2) is 7.61. The van der Waals surface area contributed by atoms with Gasteiger partial charge in [0.25, 0.3) is 5.91 Å². The van der Waals surface area contributed by atoms with Gasteiger partial charge in [0.2, 0.25) is 11.5 Å². The van der Waals surface area contributed by atoms with Gasteiger partial charge in [-0.3, -0.25) is 4.79 Å². The molecule has 2 aromatic rings. The minimum absolute atomic E-state index is 0.00259. The van der Waals surface area contributed by atoms with E-state index in [0.29, 0.717) is 43.3 Å². The molecule has 1 aliphatic rings. The normalized spacial score (nSPS) is 14.8. The van der Waals surface area contributed by atoms with Crippen molar-refractivity contribution in [2.24, 2.45) is 0 Å². The molecule has 10 heteroatoms. The number of carbonyl (C=O) groups excluding carboxylic acids is 2. The molecule has 26 heavy (non-hydrogen) atoms. The molecule has 0 aliphatic carbocycles. The van der Waals surface area contributed by atoms with E-state index in [1.165, 1.54) is 0 Å². The highest BCUT2D eigenvalue weighted by Gasteiger charge is 2.26. The molecule has 0 bridgehead atoms. The first-order valence-corrected chi connectivity index (χ1v) is 8.53. The number of hydrogen-bond acceptors (Lipinski definition) is 6. The molecule has 0 saturated carbocycles. The lowest BCUT2D eigenvalue weighted by atomic mass is 10.2. The number of amides is 3. The number of nitrogen functional groups attached to an aromatic ring is 1. The summed E-state index contributed by atoms with van der Waals surface area (Å²) < 4.78 is 4.47. The molecule has 1 fully saturated rings. The topological polar surface area (TPSA) is 118 Å². The lowest BCUT2D eigenvalue weighted by Gasteiger charge is -2.22. The molecule has 3 N–H and O–H groups in total. The molecule has 3 rings (SSSR count). The fraction of sp³-hybridized carbons (Fsp3) is 0.375. The van der Waals surface area contributed by atoms with Gasteiger partial charge < -0.3 is 20.9 Å². The lowest BCUT2D eigenvalue weighted by molar-refractivity contribution is 0.0752. The van der Waals surface area contributed by atoms with Gasteiger partial charge in [-0.15, -0.1) is 0 Å². The number of hydrogen-bond donors (Lipinski definition) is 2. The molecule has 9 nitrogen and oxygen atoms in total. The number of carbonyl (C=O) groups is 2. The summed E-state index contributed by atoms with van der Waals surface area (Å²) in [7, 11) is 0. The van der Waals surface area contributed by atoms with Crippen LogP contribution >= 0.6 is 11.6 Å². The van der Waals surface area contributed by atoms with Crippen molar-refractivity contribution in [3.05, 3.63) is 34.5 Å². The molecule has 1 aliphatic heterocycles. The van der Waals surface area contributed by atoms with Crippen molar-refractivity contribution in [2.45, 2.75) is 13.3 Å². The molecule has 0 spiro atoms. The smallest absolute Gasteiger partial charge is 0.321 e. The second-order valence-corrected chi connectivity index (χ2v) is 6.43. The summed E-state index contributed by atoms with van der Waals surface area (Å²) in [5.74, 6) is -0.388. The van der Waals surface area contributed by atoms with E-state index in [4.69, 9.17) is 17.3 Å². The van der Waals surface area contributed by atoms with Gasteiger partial charge in [0.15, 0.2) is 0 Å². The Morgan fingerprint density at radius 1 is 1.19 bits per heavy atom. The van der Waals surface area contributed by atoms with Crippen molar-refractivity contribution in [1.29, 1.82) is 0 Å². The van der Waals surface area contributed by atoms with Gasteiger partial charge >= 0.3 is 6.03 Å². The zero-order valence-electron chi connectivity index (χ0n) is 14.2. The van der Waals surface area contributed by atoms with Crippen LogP contribution in [-0.2, 0) is 0 Å². The van der Waals surface area contributed by atoms with Gasteiger partial charge in [-0.1, -0.05) is 17.7 Å². The Morgan fingerprint density at radius 2 is 1.92 bits per heavy atom. The number of rotatable bonds is 2. The SMILES string of the molecule is Cc1ccc(NC(=O)N2CCCN(C(=O)c3nonc3N)CC2)cc1Cl. The fourth-order valence-electron chi connectivity index (χ4n) is 2.69. The summed E-state index contributed by atoms with van der Waals surface area (Å²) in [4.78, 5) is 28.2. The van der Waals surface area contributed by atoms with Crippen molar-refractivity contribution in [3.63, 3.8) is 0 Å². The number of nitrogens with zero attached hydrogens (tertiary/aromatic N) is 4. The molecule has 3 amide bonds. The predicted molar refractivity (Wildman–Crippen MR) is 96.0 cm³/mol. The van der Waals surface area contributed by atoms with E-state index >= 15 is 0 Å². The maximum atomic E-state index is 12.5. The summed E-state index contributed by atoms with van der Waals surface area (Å²) in [5, 5.41) is 10.4. The highest BCUT2D eigenvalue weighted by atomic mass is 35.5. The largest absolute Gasteiger partial charge is 0.379 e. The summed E-state index contributed by atoms with van der Waals surface area (Å²) >= 11 is 6.09. The maximum Gasteiger partial charge on any atom is 0.321 e. The lowest BCUT2D eigenvalue weighted by Crippen LogP contribution is -2.39. The van der Waals surface area contributed by atoms with Crippen LogP contribution in [-0.4, -0.2) is 58.2 Å².